The molecule has 0 spiro atoms. The lowest BCUT2D eigenvalue weighted by Crippen LogP contribution is -2.53. The van der Waals surface area contributed by atoms with Crippen LogP contribution in [-0.4, -0.2) is 72.5 Å². The maximum absolute atomic E-state index is 15.0. The maximum Gasteiger partial charge on any atom is 0.407 e. The van der Waals surface area contributed by atoms with E-state index in [0.717, 1.165) is 38.9 Å². The molecule has 320 valence electrons. The first-order valence-electron chi connectivity index (χ1n) is 20.7. The van der Waals surface area contributed by atoms with E-state index in [0.29, 0.717) is 17.1 Å². The van der Waals surface area contributed by atoms with Gasteiger partial charge in [-0.15, -0.1) is 11.8 Å². The summed E-state index contributed by atoms with van der Waals surface area (Å²) < 4.78 is 17.0. The van der Waals surface area contributed by atoms with E-state index in [1.54, 1.807) is 18.2 Å². The van der Waals surface area contributed by atoms with Crippen molar-refractivity contribution in [2.75, 3.05) is 26.6 Å². The SMILES string of the molecule is COc1ccc(C2SC[C@@H](C(=O)O)N2C(=O)[C@H](CCC(=O)NC(c2ccccc2)(c2ccccc2)c2ccccc2)NC(=O)OCC2c3ccccc3-c3ccccc32)c(OC)c1. The molecule has 3 N–H and O–H groups in total. The van der Waals surface area contributed by atoms with E-state index >= 15 is 4.79 Å². The Bertz CT molecular complexity index is 2450. The molecule has 0 radical (unpaired) electrons. The zero-order valence-electron chi connectivity index (χ0n) is 34.8. The van der Waals surface area contributed by atoms with Gasteiger partial charge in [-0.3, -0.25) is 9.59 Å². The van der Waals surface area contributed by atoms with E-state index in [4.69, 9.17) is 14.2 Å². The molecular formula is C51H47N3O8S. The van der Waals surface area contributed by atoms with Gasteiger partial charge in [0.05, 0.1) is 14.2 Å². The molecular weight excluding hydrogens is 815 g/mol. The van der Waals surface area contributed by atoms with E-state index in [1.165, 1.54) is 30.9 Å². The van der Waals surface area contributed by atoms with Gasteiger partial charge in [-0.2, -0.15) is 0 Å². The van der Waals surface area contributed by atoms with Gasteiger partial charge in [0.25, 0.3) is 0 Å². The summed E-state index contributed by atoms with van der Waals surface area (Å²) in [5.74, 6) is -1.55. The molecule has 3 atom stereocenters. The van der Waals surface area contributed by atoms with Crippen molar-refractivity contribution in [1.29, 1.82) is 0 Å². The van der Waals surface area contributed by atoms with Gasteiger partial charge in [0, 0.05) is 29.7 Å². The number of carboxylic acid groups (broad SMARTS) is 1. The summed E-state index contributed by atoms with van der Waals surface area (Å²) in [6, 6.07) is 47.4. The largest absolute Gasteiger partial charge is 0.497 e. The molecule has 12 heteroatoms. The highest BCUT2D eigenvalue weighted by molar-refractivity contribution is 7.99. The van der Waals surface area contributed by atoms with Crippen LogP contribution in [0.2, 0.25) is 0 Å². The Balaban J connectivity index is 1.11. The van der Waals surface area contributed by atoms with Gasteiger partial charge < -0.3 is 34.9 Å². The molecule has 63 heavy (non-hydrogen) atoms. The summed E-state index contributed by atoms with van der Waals surface area (Å²) >= 11 is 1.27. The van der Waals surface area contributed by atoms with Crippen LogP contribution in [0.4, 0.5) is 4.79 Å². The minimum absolute atomic E-state index is 0.0159. The van der Waals surface area contributed by atoms with E-state index in [1.807, 2.05) is 140 Å². The van der Waals surface area contributed by atoms with Gasteiger partial charge in [0.2, 0.25) is 11.8 Å². The highest BCUT2D eigenvalue weighted by atomic mass is 32.2. The van der Waals surface area contributed by atoms with Crippen LogP contribution in [0.1, 0.15) is 57.5 Å². The van der Waals surface area contributed by atoms with Crippen LogP contribution in [0.15, 0.2) is 158 Å². The molecule has 11 nitrogen and oxygen atoms in total. The molecule has 0 bridgehead atoms. The van der Waals surface area contributed by atoms with Crippen LogP contribution >= 0.6 is 11.8 Å². The van der Waals surface area contributed by atoms with E-state index in [9.17, 15) is 19.5 Å². The average molecular weight is 862 g/mol. The van der Waals surface area contributed by atoms with Crippen molar-refractivity contribution in [2.24, 2.45) is 0 Å². The zero-order chi connectivity index (χ0) is 43.9. The first kappa shape index (κ1) is 42.6. The number of hydrogen-bond acceptors (Lipinski definition) is 8. The minimum Gasteiger partial charge on any atom is -0.497 e. The number of nitrogens with zero attached hydrogens (tertiary/aromatic N) is 1. The van der Waals surface area contributed by atoms with Gasteiger partial charge in [0.15, 0.2) is 0 Å². The number of benzene rings is 6. The number of aliphatic carboxylic acids is 1. The number of ether oxygens (including phenoxy) is 3. The lowest BCUT2D eigenvalue weighted by molar-refractivity contribution is -0.150. The summed E-state index contributed by atoms with van der Waals surface area (Å²) in [5.41, 5.74) is 6.02. The third-order valence-corrected chi connectivity index (χ3v) is 13.1. The number of thioether (sulfide) groups is 1. The zero-order valence-corrected chi connectivity index (χ0v) is 35.6. The van der Waals surface area contributed by atoms with E-state index in [-0.39, 0.29) is 31.1 Å². The van der Waals surface area contributed by atoms with Crippen LogP contribution < -0.4 is 20.1 Å². The number of hydrogen-bond donors (Lipinski definition) is 3. The molecule has 8 rings (SSSR count). The standard InChI is InChI=1S/C51H47N3O8S/c1-60-36-26-27-41(45(30-36)61-2)48-54(44(32-63-48)49(57)58)47(56)43(52-50(59)62-31-42-39-24-14-12-22-37(39)38-23-13-15-25-40(38)42)28-29-46(55)53-51(33-16-6-3-7-17-33,34-18-8-4-9-19-34)35-20-10-5-11-21-35/h3-27,30,42-44,48H,28-29,31-32H2,1-2H3,(H,52,59)(H,53,55)(H,57,58)/t43-,44-,48?/m0/s1. The van der Waals surface area contributed by atoms with Gasteiger partial charge in [-0.05, 0) is 57.5 Å². The molecule has 2 aliphatic rings. The number of carbonyl (C=O) groups is 4. The first-order chi connectivity index (χ1) is 30.7. The third kappa shape index (κ3) is 8.59. The Morgan fingerprint density at radius 3 is 1.78 bits per heavy atom. The second kappa shape index (κ2) is 18.9. The van der Waals surface area contributed by atoms with Crippen molar-refractivity contribution in [3.05, 3.63) is 191 Å². The predicted octanol–water partition coefficient (Wildman–Crippen LogP) is 8.53. The van der Waals surface area contributed by atoms with Crippen molar-refractivity contribution in [1.82, 2.24) is 15.5 Å². The fourth-order valence-electron chi connectivity index (χ4n) is 8.78. The monoisotopic (exact) mass is 861 g/mol. The quantitative estimate of drug-likeness (QED) is 0.0866. The summed E-state index contributed by atoms with van der Waals surface area (Å²) in [6.45, 7) is -0.0159. The minimum atomic E-state index is -1.36. The number of alkyl carbamates (subject to hydrolysis) is 1. The van der Waals surface area contributed by atoms with Gasteiger partial charge >= 0.3 is 12.1 Å². The van der Waals surface area contributed by atoms with Crippen molar-refractivity contribution in [3.63, 3.8) is 0 Å². The molecule has 6 aromatic rings. The molecule has 1 aliphatic heterocycles. The molecule has 0 aromatic heterocycles. The van der Waals surface area contributed by atoms with Crippen molar-refractivity contribution < 1.29 is 38.5 Å². The molecule has 6 aromatic carbocycles. The number of methoxy groups -OCH3 is 2. The summed E-state index contributed by atoms with van der Waals surface area (Å²) in [7, 11) is 3.01. The number of fused-ring (bicyclic) bond motifs is 3. The predicted molar refractivity (Wildman–Crippen MR) is 242 cm³/mol. The van der Waals surface area contributed by atoms with Crippen LogP contribution in [-0.2, 0) is 24.7 Å². The molecule has 0 saturated carbocycles. The molecule has 1 saturated heterocycles. The third-order valence-electron chi connectivity index (χ3n) is 11.8. The fourth-order valence-corrected chi connectivity index (χ4v) is 10.2. The van der Waals surface area contributed by atoms with Crippen molar-refractivity contribution >= 4 is 35.6 Å². The van der Waals surface area contributed by atoms with Crippen molar-refractivity contribution in [2.45, 2.75) is 41.8 Å². The topological polar surface area (TPSA) is 143 Å². The lowest BCUT2D eigenvalue weighted by atomic mass is 9.77. The summed E-state index contributed by atoms with van der Waals surface area (Å²) in [6.07, 6.45) is -1.27. The Labute approximate surface area is 370 Å². The molecule has 3 amide bonds. The van der Waals surface area contributed by atoms with Crippen molar-refractivity contribution in [3.8, 4) is 22.6 Å². The van der Waals surface area contributed by atoms with Gasteiger partial charge in [-0.25, -0.2) is 9.59 Å². The van der Waals surface area contributed by atoms with E-state index < -0.39 is 46.9 Å². The Hall–Kier alpha value is -7.05. The van der Waals surface area contributed by atoms with Gasteiger partial charge in [0.1, 0.15) is 41.1 Å². The second-order valence-electron chi connectivity index (χ2n) is 15.4. The molecule has 1 heterocycles. The molecule has 1 aliphatic carbocycles. The highest BCUT2D eigenvalue weighted by Crippen LogP contribution is 2.47. The number of nitrogens with one attached hydrogen (secondary N) is 2. The first-order valence-corrected chi connectivity index (χ1v) is 21.8. The Morgan fingerprint density at radius 1 is 0.714 bits per heavy atom. The second-order valence-corrected chi connectivity index (χ2v) is 16.5. The Kier molecular flexibility index (Phi) is 12.8. The van der Waals surface area contributed by atoms with Gasteiger partial charge in [-0.1, -0.05) is 140 Å². The average Bonchev–Trinajstić information content (AvgIpc) is 3.92. The summed E-state index contributed by atoms with van der Waals surface area (Å²) in [5, 5.41) is 15.8. The van der Waals surface area contributed by atoms with Crippen LogP contribution in [0.3, 0.4) is 0 Å². The lowest BCUT2D eigenvalue weighted by Gasteiger charge is -2.37. The highest BCUT2D eigenvalue weighted by Gasteiger charge is 2.46. The number of carbonyl (C=O) groups excluding carboxylic acids is 3. The number of rotatable bonds is 15. The number of carboxylic acids is 1. The normalized spacial score (nSPS) is 16.0. The smallest absolute Gasteiger partial charge is 0.407 e. The Morgan fingerprint density at radius 2 is 1.25 bits per heavy atom. The fraction of sp³-hybridized carbons (Fsp3) is 0.216. The van der Waals surface area contributed by atoms with Crippen LogP contribution in [0.25, 0.3) is 11.1 Å². The van der Waals surface area contributed by atoms with E-state index in [2.05, 4.69) is 10.6 Å². The molecule has 1 fully saturated rings. The summed E-state index contributed by atoms with van der Waals surface area (Å²) in [4.78, 5) is 57.6. The van der Waals surface area contributed by atoms with Crippen LogP contribution in [0, 0.1) is 0 Å². The maximum atomic E-state index is 15.0. The number of amides is 3. The molecule has 1 unspecified atom stereocenters. The van der Waals surface area contributed by atoms with Crippen LogP contribution in [0.5, 0.6) is 11.5 Å².